The van der Waals surface area contributed by atoms with Crippen molar-refractivity contribution in [3.63, 3.8) is 0 Å². The zero-order valence-corrected chi connectivity index (χ0v) is 13.5. The lowest BCUT2D eigenvalue weighted by Crippen LogP contribution is -2.34. The van der Waals surface area contributed by atoms with Gasteiger partial charge < -0.3 is 15.4 Å². The monoisotopic (exact) mass is 296 g/mol. The fourth-order valence-electron chi connectivity index (χ4n) is 2.55. The molecule has 1 amide bonds. The van der Waals surface area contributed by atoms with Crippen molar-refractivity contribution in [1.82, 2.24) is 4.90 Å². The third-order valence-corrected chi connectivity index (χ3v) is 5.25. The Kier molecular flexibility index (Phi) is 4.52. The summed E-state index contributed by atoms with van der Waals surface area (Å²) in [6.45, 7) is 7.75. The smallest absolute Gasteiger partial charge is 0.224 e. The highest BCUT2D eigenvalue weighted by Crippen LogP contribution is 2.38. The highest BCUT2D eigenvalue weighted by atomic mass is 32.1. The summed E-state index contributed by atoms with van der Waals surface area (Å²) in [5, 5.41) is 0. The Hall–Kier alpha value is -0.910. The Morgan fingerprint density at radius 3 is 2.70 bits per heavy atom. The summed E-state index contributed by atoms with van der Waals surface area (Å²) in [4.78, 5) is 16.4. The second kappa shape index (κ2) is 5.84. The number of likely N-dealkylation sites (tertiary alicyclic amines) is 1. The number of ether oxygens (including phenoxy) is 1. The minimum Gasteiger partial charge on any atom is -0.383 e. The summed E-state index contributed by atoms with van der Waals surface area (Å²) >= 11 is 1.77. The summed E-state index contributed by atoms with van der Waals surface area (Å²) in [5.74, 6) is 0.130. The molecule has 1 saturated heterocycles. The van der Waals surface area contributed by atoms with Crippen molar-refractivity contribution in [2.75, 3.05) is 20.3 Å². The number of amides is 1. The first-order chi connectivity index (χ1) is 9.34. The first-order valence-corrected chi connectivity index (χ1v) is 7.80. The number of thiophene rings is 1. The Morgan fingerprint density at radius 2 is 2.15 bits per heavy atom. The van der Waals surface area contributed by atoms with Crippen molar-refractivity contribution in [2.45, 2.75) is 44.7 Å². The maximum absolute atomic E-state index is 12.1. The molecule has 1 aromatic heterocycles. The van der Waals surface area contributed by atoms with Gasteiger partial charge in [0.1, 0.15) is 0 Å². The number of carbonyl (C=O) groups excluding carboxylic acids is 1. The molecule has 1 aliphatic rings. The minimum atomic E-state index is -0.120. The van der Waals surface area contributed by atoms with Crippen molar-refractivity contribution in [3.8, 4) is 0 Å². The van der Waals surface area contributed by atoms with Crippen molar-refractivity contribution in [2.24, 2.45) is 5.73 Å². The first-order valence-electron chi connectivity index (χ1n) is 6.99. The molecule has 112 valence electrons. The van der Waals surface area contributed by atoms with Gasteiger partial charge in [-0.3, -0.25) is 4.79 Å². The van der Waals surface area contributed by atoms with Gasteiger partial charge in [0.05, 0.1) is 12.6 Å². The van der Waals surface area contributed by atoms with Crippen molar-refractivity contribution in [3.05, 3.63) is 21.9 Å². The average Bonchev–Trinajstić information content (AvgIpc) is 2.91. The van der Waals surface area contributed by atoms with Gasteiger partial charge in [-0.05, 0) is 17.5 Å². The molecule has 1 aliphatic heterocycles. The second-order valence-corrected chi connectivity index (χ2v) is 7.46. The van der Waals surface area contributed by atoms with Crippen LogP contribution < -0.4 is 5.73 Å². The molecule has 1 fully saturated rings. The van der Waals surface area contributed by atoms with E-state index in [2.05, 4.69) is 32.9 Å². The van der Waals surface area contributed by atoms with E-state index < -0.39 is 0 Å². The maximum atomic E-state index is 12.1. The molecular weight excluding hydrogens is 272 g/mol. The van der Waals surface area contributed by atoms with Gasteiger partial charge in [-0.2, -0.15) is 0 Å². The first kappa shape index (κ1) is 15.5. The van der Waals surface area contributed by atoms with Crippen LogP contribution in [0.4, 0.5) is 0 Å². The number of rotatable bonds is 4. The third-order valence-electron chi connectivity index (χ3n) is 3.67. The average molecular weight is 296 g/mol. The van der Waals surface area contributed by atoms with E-state index in [1.54, 1.807) is 18.4 Å². The highest BCUT2D eigenvalue weighted by molar-refractivity contribution is 7.12. The quantitative estimate of drug-likeness (QED) is 0.927. The van der Waals surface area contributed by atoms with E-state index in [0.717, 1.165) is 0 Å². The van der Waals surface area contributed by atoms with Gasteiger partial charge in [0.15, 0.2) is 0 Å². The summed E-state index contributed by atoms with van der Waals surface area (Å²) in [7, 11) is 1.65. The Bertz CT molecular complexity index is 478. The van der Waals surface area contributed by atoms with Crippen LogP contribution >= 0.6 is 11.3 Å². The van der Waals surface area contributed by atoms with Crippen molar-refractivity contribution in [1.29, 1.82) is 0 Å². The van der Waals surface area contributed by atoms with Crippen LogP contribution in [0.2, 0.25) is 0 Å². The Balaban J connectivity index is 2.24. The van der Waals surface area contributed by atoms with Crippen LogP contribution in [-0.4, -0.2) is 37.1 Å². The van der Waals surface area contributed by atoms with E-state index in [1.165, 1.54) is 9.75 Å². The van der Waals surface area contributed by atoms with Gasteiger partial charge in [-0.1, -0.05) is 20.8 Å². The number of hydrogen-bond donors (Lipinski definition) is 1. The Labute approximate surface area is 124 Å². The molecule has 0 saturated carbocycles. The number of carbonyl (C=O) groups is 1. The predicted octanol–water partition coefficient (Wildman–Crippen LogP) is 2.29. The Morgan fingerprint density at radius 1 is 1.45 bits per heavy atom. The summed E-state index contributed by atoms with van der Waals surface area (Å²) in [6, 6.07) is 4.16. The normalized spacial score (nSPS) is 23.6. The predicted molar refractivity (Wildman–Crippen MR) is 81.9 cm³/mol. The largest absolute Gasteiger partial charge is 0.383 e. The van der Waals surface area contributed by atoms with Crippen LogP contribution in [-0.2, 0) is 14.9 Å². The molecule has 0 spiro atoms. The van der Waals surface area contributed by atoms with Crippen LogP contribution in [0, 0.1) is 0 Å². The molecule has 2 heterocycles. The van der Waals surface area contributed by atoms with Crippen molar-refractivity contribution < 1.29 is 9.53 Å². The lowest BCUT2D eigenvalue weighted by atomic mass is 9.95. The minimum absolute atomic E-state index is 0.00116. The number of nitrogens with two attached hydrogens (primary N) is 1. The number of nitrogens with zero attached hydrogens (tertiary/aromatic N) is 1. The van der Waals surface area contributed by atoms with Crippen LogP contribution in [0.25, 0.3) is 0 Å². The molecule has 0 radical (unpaired) electrons. The van der Waals surface area contributed by atoms with Crippen molar-refractivity contribution >= 4 is 17.2 Å². The molecule has 2 atom stereocenters. The third kappa shape index (κ3) is 3.05. The van der Waals surface area contributed by atoms with E-state index in [-0.39, 0.29) is 23.4 Å². The lowest BCUT2D eigenvalue weighted by Gasteiger charge is -2.26. The summed E-state index contributed by atoms with van der Waals surface area (Å²) in [6.07, 6.45) is 0.428. The second-order valence-electron chi connectivity index (χ2n) is 6.34. The fourth-order valence-corrected chi connectivity index (χ4v) is 3.80. The van der Waals surface area contributed by atoms with E-state index in [4.69, 9.17) is 10.5 Å². The molecule has 0 bridgehead atoms. The zero-order chi connectivity index (χ0) is 14.9. The maximum Gasteiger partial charge on any atom is 0.224 e. The van der Waals surface area contributed by atoms with Crippen LogP contribution in [0.3, 0.4) is 0 Å². The standard InChI is InChI=1S/C15H24N2O2S/c1-15(2,3)12-6-5-11(20-12)14-10(16)9-13(18)17(14)7-8-19-4/h5-6,10,14H,7-9,16H2,1-4H3. The molecule has 2 rings (SSSR count). The molecule has 1 aromatic rings. The lowest BCUT2D eigenvalue weighted by molar-refractivity contribution is -0.129. The highest BCUT2D eigenvalue weighted by Gasteiger charge is 2.39. The molecule has 2 unspecified atom stereocenters. The van der Waals surface area contributed by atoms with Crippen LogP contribution in [0.1, 0.15) is 43.0 Å². The van der Waals surface area contributed by atoms with E-state index in [1.807, 2.05) is 4.90 Å². The van der Waals surface area contributed by atoms with Crippen LogP contribution in [0.15, 0.2) is 12.1 Å². The van der Waals surface area contributed by atoms with Gasteiger partial charge in [0.25, 0.3) is 0 Å². The molecule has 0 aromatic carbocycles. The van der Waals surface area contributed by atoms with Gasteiger partial charge in [0.2, 0.25) is 5.91 Å². The van der Waals surface area contributed by atoms with Gasteiger partial charge >= 0.3 is 0 Å². The van der Waals surface area contributed by atoms with Gasteiger partial charge in [0, 0.05) is 35.9 Å². The molecule has 0 aliphatic carbocycles. The van der Waals surface area contributed by atoms with E-state index in [9.17, 15) is 4.79 Å². The van der Waals surface area contributed by atoms with Gasteiger partial charge in [-0.25, -0.2) is 0 Å². The molecule has 4 nitrogen and oxygen atoms in total. The number of methoxy groups -OCH3 is 1. The molecule has 20 heavy (non-hydrogen) atoms. The van der Waals surface area contributed by atoms with Crippen LogP contribution in [0.5, 0.6) is 0 Å². The zero-order valence-electron chi connectivity index (χ0n) is 12.7. The molecular formula is C15H24N2O2S. The van der Waals surface area contributed by atoms with E-state index in [0.29, 0.717) is 19.6 Å². The fraction of sp³-hybridized carbons (Fsp3) is 0.667. The van der Waals surface area contributed by atoms with Gasteiger partial charge in [-0.15, -0.1) is 11.3 Å². The molecule has 2 N–H and O–H groups in total. The SMILES string of the molecule is COCCN1C(=O)CC(N)C1c1ccc(C(C)(C)C)s1. The summed E-state index contributed by atoms with van der Waals surface area (Å²) < 4.78 is 5.10. The summed E-state index contributed by atoms with van der Waals surface area (Å²) in [5.41, 5.74) is 6.32. The molecule has 5 heteroatoms. The topological polar surface area (TPSA) is 55.6 Å². The van der Waals surface area contributed by atoms with E-state index >= 15 is 0 Å². The number of hydrogen-bond acceptors (Lipinski definition) is 4.